The minimum absolute atomic E-state index is 0.0761. The van der Waals surface area contributed by atoms with Crippen molar-refractivity contribution in [1.82, 2.24) is 15.4 Å². The number of amides is 2. The molecule has 0 aromatic carbocycles. The molecule has 1 aromatic heterocycles. The Kier molecular flexibility index (Phi) is 3.91. The summed E-state index contributed by atoms with van der Waals surface area (Å²) in [4.78, 5) is 26.6. The number of likely N-dealkylation sites (tertiary alicyclic amines) is 1. The Morgan fingerprint density at radius 2 is 2.26 bits per heavy atom. The van der Waals surface area contributed by atoms with Crippen molar-refractivity contribution in [3.63, 3.8) is 0 Å². The van der Waals surface area contributed by atoms with Gasteiger partial charge in [-0.15, -0.1) is 0 Å². The van der Waals surface area contributed by atoms with Crippen LogP contribution in [0.4, 0.5) is 0 Å². The lowest BCUT2D eigenvalue weighted by Gasteiger charge is -2.38. The highest BCUT2D eigenvalue weighted by atomic mass is 16.5. The van der Waals surface area contributed by atoms with Gasteiger partial charge in [-0.25, -0.2) is 0 Å². The van der Waals surface area contributed by atoms with Crippen LogP contribution in [0.15, 0.2) is 16.9 Å². The number of rotatable bonds is 3. The summed E-state index contributed by atoms with van der Waals surface area (Å²) in [5.41, 5.74) is -0.521. The quantitative estimate of drug-likeness (QED) is 0.908. The van der Waals surface area contributed by atoms with E-state index in [1.165, 1.54) is 6.26 Å². The lowest BCUT2D eigenvalue weighted by atomic mass is 9.82. The predicted molar refractivity (Wildman–Crippen MR) is 81.8 cm³/mol. The Hall–Kier alpha value is -1.89. The molecule has 0 bridgehead atoms. The van der Waals surface area contributed by atoms with E-state index in [1.807, 2.05) is 18.7 Å². The Morgan fingerprint density at radius 1 is 1.48 bits per heavy atom. The molecule has 2 aliphatic heterocycles. The summed E-state index contributed by atoms with van der Waals surface area (Å²) >= 11 is 0. The number of carbonyl (C=O) groups excluding carboxylic acids is 2. The average Bonchev–Trinajstić information content (AvgIpc) is 3.19. The molecule has 2 amide bonds. The van der Waals surface area contributed by atoms with Crippen molar-refractivity contribution in [1.29, 1.82) is 0 Å². The molecule has 2 fully saturated rings. The highest BCUT2D eigenvalue weighted by Gasteiger charge is 2.58. The number of hydrogen-bond donors (Lipinski definition) is 1. The number of carbonyl (C=O) groups is 2. The van der Waals surface area contributed by atoms with Gasteiger partial charge in [0.2, 0.25) is 5.91 Å². The highest BCUT2D eigenvalue weighted by Crippen LogP contribution is 2.49. The minimum atomic E-state index is -0.452. The van der Waals surface area contributed by atoms with Crippen LogP contribution in [0.25, 0.3) is 0 Å². The highest BCUT2D eigenvalue weighted by molar-refractivity contribution is 5.93. The molecule has 1 N–H and O–H groups in total. The molecule has 2 saturated heterocycles. The second kappa shape index (κ2) is 5.63. The van der Waals surface area contributed by atoms with Crippen molar-refractivity contribution in [2.24, 2.45) is 0 Å². The van der Waals surface area contributed by atoms with Crippen molar-refractivity contribution in [2.45, 2.75) is 56.8 Å². The molecular formula is C16H23N3O4. The monoisotopic (exact) mass is 321 g/mol. The second-order valence-electron chi connectivity index (χ2n) is 6.97. The van der Waals surface area contributed by atoms with Gasteiger partial charge in [0.15, 0.2) is 5.69 Å². The molecule has 1 spiro atoms. The summed E-state index contributed by atoms with van der Waals surface area (Å²) in [6.07, 6.45) is 3.78. The Bertz CT molecular complexity index is 598. The van der Waals surface area contributed by atoms with E-state index < -0.39 is 5.54 Å². The number of ether oxygens (including phenoxy) is 1. The smallest absolute Gasteiger partial charge is 0.276 e. The molecule has 0 unspecified atom stereocenters. The Balaban J connectivity index is 1.92. The number of hydrogen-bond acceptors (Lipinski definition) is 5. The molecule has 1 aromatic rings. The van der Waals surface area contributed by atoms with Gasteiger partial charge in [0.25, 0.3) is 5.91 Å². The zero-order chi connectivity index (χ0) is 16.7. The fourth-order valence-corrected chi connectivity index (χ4v) is 4.07. The van der Waals surface area contributed by atoms with Crippen LogP contribution in [0.1, 0.15) is 50.0 Å². The van der Waals surface area contributed by atoms with Gasteiger partial charge in [-0.05, 0) is 26.7 Å². The van der Waals surface area contributed by atoms with E-state index in [0.717, 1.165) is 12.8 Å². The van der Waals surface area contributed by atoms with Gasteiger partial charge in [-0.1, -0.05) is 5.16 Å². The summed E-state index contributed by atoms with van der Waals surface area (Å²) in [6.45, 7) is 4.67. The van der Waals surface area contributed by atoms with E-state index in [4.69, 9.17) is 9.26 Å². The molecule has 3 rings (SSSR count). The fraction of sp³-hybridized carbons (Fsp3) is 0.688. The maximum absolute atomic E-state index is 12.8. The summed E-state index contributed by atoms with van der Waals surface area (Å²) in [7, 11) is 1.61. The standard InChI is InChI=1S/C16H23N3O4/c1-15(2)10-16(12(23-15)9-13(20)17-3)6-4-7-19(16)14(21)11-5-8-22-18-11/h5,8,12H,4,6-7,9-10H2,1-3H3,(H,17,20)/t12-,16+/m0/s1. The van der Waals surface area contributed by atoms with E-state index in [1.54, 1.807) is 13.1 Å². The third-order valence-electron chi connectivity index (χ3n) is 4.87. The first kappa shape index (κ1) is 16.0. The normalized spacial score (nSPS) is 29.2. The molecular weight excluding hydrogens is 298 g/mol. The van der Waals surface area contributed by atoms with Crippen molar-refractivity contribution in [3.8, 4) is 0 Å². The van der Waals surface area contributed by atoms with Gasteiger partial charge >= 0.3 is 0 Å². The molecule has 3 heterocycles. The van der Waals surface area contributed by atoms with E-state index in [9.17, 15) is 9.59 Å². The third kappa shape index (κ3) is 2.73. The van der Waals surface area contributed by atoms with Crippen LogP contribution >= 0.6 is 0 Å². The van der Waals surface area contributed by atoms with Crippen LogP contribution in [-0.4, -0.2) is 52.7 Å². The second-order valence-corrected chi connectivity index (χ2v) is 6.97. The lowest BCUT2D eigenvalue weighted by molar-refractivity contribution is -0.126. The topological polar surface area (TPSA) is 84.7 Å². The van der Waals surface area contributed by atoms with Gasteiger partial charge in [0.1, 0.15) is 6.26 Å². The summed E-state index contributed by atoms with van der Waals surface area (Å²) < 4.78 is 11.0. The first-order valence-corrected chi connectivity index (χ1v) is 7.99. The van der Waals surface area contributed by atoms with Crippen molar-refractivity contribution >= 4 is 11.8 Å². The molecule has 7 heteroatoms. The van der Waals surface area contributed by atoms with E-state index in [2.05, 4.69) is 10.5 Å². The van der Waals surface area contributed by atoms with Gasteiger partial charge in [0.05, 0.1) is 23.7 Å². The predicted octanol–water partition coefficient (Wildman–Crippen LogP) is 1.35. The molecule has 0 radical (unpaired) electrons. The zero-order valence-corrected chi connectivity index (χ0v) is 13.8. The van der Waals surface area contributed by atoms with Crippen LogP contribution in [0.5, 0.6) is 0 Å². The van der Waals surface area contributed by atoms with Crippen LogP contribution < -0.4 is 5.32 Å². The molecule has 2 atom stereocenters. The number of aromatic nitrogens is 1. The summed E-state index contributed by atoms with van der Waals surface area (Å²) in [5.74, 6) is -0.229. The van der Waals surface area contributed by atoms with Gasteiger partial charge in [-0.3, -0.25) is 9.59 Å². The largest absolute Gasteiger partial charge is 0.369 e. The average molecular weight is 321 g/mol. The molecule has 23 heavy (non-hydrogen) atoms. The Morgan fingerprint density at radius 3 is 2.91 bits per heavy atom. The van der Waals surface area contributed by atoms with Gasteiger partial charge in [-0.2, -0.15) is 0 Å². The fourth-order valence-electron chi connectivity index (χ4n) is 4.07. The maximum Gasteiger partial charge on any atom is 0.276 e. The first-order valence-electron chi connectivity index (χ1n) is 7.99. The van der Waals surface area contributed by atoms with Crippen LogP contribution in [0.3, 0.4) is 0 Å². The Labute approximate surface area is 135 Å². The number of nitrogens with zero attached hydrogens (tertiary/aromatic N) is 2. The summed E-state index contributed by atoms with van der Waals surface area (Å²) in [5, 5.41) is 6.41. The van der Waals surface area contributed by atoms with Crippen LogP contribution in [0, 0.1) is 0 Å². The van der Waals surface area contributed by atoms with Crippen LogP contribution in [-0.2, 0) is 9.53 Å². The van der Waals surface area contributed by atoms with E-state index in [-0.39, 0.29) is 29.9 Å². The summed E-state index contributed by atoms with van der Waals surface area (Å²) in [6, 6.07) is 1.57. The first-order chi connectivity index (χ1) is 10.9. The molecule has 0 aliphatic carbocycles. The van der Waals surface area contributed by atoms with Gasteiger partial charge in [0, 0.05) is 26.1 Å². The van der Waals surface area contributed by atoms with Gasteiger partial charge < -0.3 is 19.5 Å². The number of nitrogens with one attached hydrogen (secondary N) is 1. The molecule has 0 saturated carbocycles. The minimum Gasteiger partial charge on any atom is -0.369 e. The van der Waals surface area contributed by atoms with Crippen molar-refractivity contribution < 1.29 is 18.8 Å². The molecule has 7 nitrogen and oxygen atoms in total. The SMILES string of the molecule is CNC(=O)C[C@@H]1OC(C)(C)C[C@]12CCCN2C(=O)c1ccon1. The van der Waals surface area contributed by atoms with E-state index in [0.29, 0.717) is 18.7 Å². The third-order valence-corrected chi connectivity index (χ3v) is 4.87. The van der Waals surface area contributed by atoms with Crippen molar-refractivity contribution in [3.05, 3.63) is 18.0 Å². The lowest BCUT2D eigenvalue weighted by Crippen LogP contribution is -2.53. The maximum atomic E-state index is 12.8. The van der Waals surface area contributed by atoms with Crippen LogP contribution in [0.2, 0.25) is 0 Å². The molecule has 126 valence electrons. The zero-order valence-electron chi connectivity index (χ0n) is 13.8. The van der Waals surface area contributed by atoms with E-state index >= 15 is 0 Å². The van der Waals surface area contributed by atoms with Crippen molar-refractivity contribution in [2.75, 3.05) is 13.6 Å². The molecule has 2 aliphatic rings.